The van der Waals surface area contributed by atoms with E-state index in [1.54, 1.807) is 14.0 Å². The lowest BCUT2D eigenvalue weighted by Gasteiger charge is -2.36. The van der Waals surface area contributed by atoms with Crippen LogP contribution >= 0.6 is 23.2 Å². The van der Waals surface area contributed by atoms with Crippen LogP contribution in [0.25, 0.3) is 0 Å². The van der Waals surface area contributed by atoms with Crippen LogP contribution in [-0.2, 0) is 30.0 Å². The van der Waals surface area contributed by atoms with Crippen LogP contribution in [0.2, 0.25) is 10.2 Å². The molecule has 1 aliphatic heterocycles. The van der Waals surface area contributed by atoms with Gasteiger partial charge in [0.25, 0.3) is 0 Å². The summed E-state index contributed by atoms with van der Waals surface area (Å²) < 4.78 is 30.4. The molecule has 1 aliphatic rings. The molecule has 2 heterocycles. The second-order valence-electron chi connectivity index (χ2n) is 7.49. The van der Waals surface area contributed by atoms with Crippen molar-refractivity contribution in [1.29, 1.82) is 0 Å². The molecule has 6 nitrogen and oxygen atoms in total. The Kier molecular flexibility index (Phi) is 5.81. The first-order valence-corrected chi connectivity index (χ1v) is 11.8. The van der Waals surface area contributed by atoms with E-state index in [1.807, 2.05) is 36.4 Å². The van der Waals surface area contributed by atoms with E-state index in [0.717, 1.165) is 16.8 Å². The summed E-state index contributed by atoms with van der Waals surface area (Å²) in [6.07, 6.45) is 0.539. The van der Waals surface area contributed by atoms with Crippen LogP contribution in [0.5, 0.6) is 0 Å². The lowest BCUT2D eigenvalue weighted by atomic mass is 9.98. The third-order valence-corrected chi connectivity index (χ3v) is 7.65. The van der Waals surface area contributed by atoms with Crippen LogP contribution < -0.4 is 9.62 Å². The first-order valence-electron chi connectivity index (χ1n) is 9.53. The average Bonchev–Trinajstić information content (AvgIpc) is 2.94. The number of hydrogen-bond donors (Lipinski definition) is 1. The molecule has 9 heteroatoms. The van der Waals surface area contributed by atoms with Gasteiger partial charge in [0.05, 0.1) is 5.69 Å². The third kappa shape index (κ3) is 4.21. The van der Waals surface area contributed by atoms with E-state index >= 15 is 0 Å². The first kappa shape index (κ1) is 21.2. The lowest BCUT2D eigenvalue weighted by molar-refractivity contribution is 0.524. The second kappa shape index (κ2) is 8.23. The Morgan fingerprint density at radius 2 is 1.90 bits per heavy atom. The fourth-order valence-corrected chi connectivity index (χ4v) is 6.12. The summed E-state index contributed by atoms with van der Waals surface area (Å²) >= 11 is 12.4. The van der Waals surface area contributed by atoms with Gasteiger partial charge >= 0.3 is 0 Å². The number of hydrogen-bond acceptors (Lipinski definition) is 4. The molecule has 1 N–H and O–H groups in total. The number of aryl methyl sites for hydroxylation is 2. The standard InChI is InChI=1S/C21H22Cl2N4O2S/c1-14-20(21(23)26(2)24-14)30(28,29)25-18-11-16-10-17(22)8-9-19(16)27(13-18)12-15-6-4-3-5-7-15/h3-10,18,25H,11-13H2,1-2H3. The Labute approximate surface area is 186 Å². The summed E-state index contributed by atoms with van der Waals surface area (Å²) in [5.41, 5.74) is 3.59. The molecule has 0 saturated heterocycles. The molecular formula is C21H22Cl2N4O2S. The minimum Gasteiger partial charge on any atom is -0.365 e. The zero-order valence-corrected chi connectivity index (χ0v) is 19.0. The Morgan fingerprint density at radius 3 is 2.57 bits per heavy atom. The molecule has 1 atom stereocenters. The monoisotopic (exact) mass is 464 g/mol. The van der Waals surface area contributed by atoms with Gasteiger partial charge in [0.2, 0.25) is 10.0 Å². The smallest absolute Gasteiger partial charge is 0.245 e. The quantitative estimate of drug-likeness (QED) is 0.620. The molecule has 0 amide bonds. The Hall–Kier alpha value is -2.06. The molecule has 158 valence electrons. The summed E-state index contributed by atoms with van der Waals surface area (Å²) in [6, 6.07) is 15.5. The zero-order chi connectivity index (χ0) is 21.5. The number of sulfonamides is 1. The molecule has 0 fully saturated rings. The molecule has 4 rings (SSSR count). The van der Waals surface area contributed by atoms with E-state index in [0.29, 0.717) is 30.2 Å². The van der Waals surface area contributed by atoms with E-state index < -0.39 is 10.0 Å². The second-order valence-corrected chi connectivity index (χ2v) is 9.94. The molecule has 0 saturated carbocycles. The summed E-state index contributed by atoms with van der Waals surface area (Å²) in [6.45, 7) is 2.83. The first-order chi connectivity index (χ1) is 14.2. The zero-order valence-electron chi connectivity index (χ0n) is 16.6. The molecule has 0 bridgehead atoms. The molecule has 1 aromatic heterocycles. The van der Waals surface area contributed by atoms with Crippen molar-refractivity contribution in [3.63, 3.8) is 0 Å². The highest BCUT2D eigenvalue weighted by molar-refractivity contribution is 7.89. The Bertz CT molecular complexity index is 1180. The van der Waals surface area contributed by atoms with Crippen molar-refractivity contribution in [2.45, 2.75) is 30.8 Å². The SMILES string of the molecule is Cc1nn(C)c(Cl)c1S(=O)(=O)NC1Cc2cc(Cl)ccc2N(Cc2ccccc2)C1. The van der Waals surface area contributed by atoms with Crippen LogP contribution in [-0.4, -0.2) is 30.8 Å². The molecule has 0 radical (unpaired) electrons. The van der Waals surface area contributed by atoms with Gasteiger partial charge in [-0.2, -0.15) is 5.10 Å². The number of fused-ring (bicyclic) bond motifs is 1. The largest absolute Gasteiger partial charge is 0.365 e. The normalized spacial score (nSPS) is 16.5. The maximum atomic E-state index is 13.1. The van der Waals surface area contributed by atoms with Crippen LogP contribution in [0.4, 0.5) is 5.69 Å². The lowest BCUT2D eigenvalue weighted by Crippen LogP contribution is -2.48. The van der Waals surface area contributed by atoms with E-state index in [1.165, 1.54) is 4.68 Å². The molecule has 2 aromatic carbocycles. The molecule has 1 unspecified atom stereocenters. The fraction of sp³-hybridized carbons (Fsp3) is 0.286. The minimum absolute atomic E-state index is 0.0261. The van der Waals surface area contributed by atoms with E-state index in [4.69, 9.17) is 23.2 Å². The van der Waals surface area contributed by atoms with Crippen LogP contribution in [0, 0.1) is 6.92 Å². The molecule has 0 aliphatic carbocycles. The van der Waals surface area contributed by atoms with Crippen molar-refractivity contribution in [3.05, 3.63) is 75.5 Å². The summed E-state index contributed by atoms with van der Waals surface area (Å²) in [7, 11) is -2.21. The van der Waals surface area contributed by atoms with E-state index in [9.17, 15) is 8.42 Å². The highest BCUT2D eigenvalue weighted by Crippen LogP contribution is 2.32. The van der Waals surface area contributed by atoms with Crippen molar-refractivity contribution in [2.24, 2.45) is 7.05 Å². The van der Waals surface area contributed by atoms with Gasteiger partial charge in [0, 0.05) is 36.9 Å². The fourth-order valence-electron chi connectivity index (χ4n) is 3.95. The predicted molar refractivity (Wildman–Crippen MR) is 120 cm³/mol. The molecule has 30 heavy (non-hydrogen) atoms. The summed E-state index contributed by atoms with van der Waals surface area (Å²) in [5.74, 6) is 0. The van der Waals surface area contributed by atoms with Gasteiger partial charge in [-0.25, -0.2) is 13.1 Å². The highest BCUT2D eigenvalue weighted by Gasteiger charge is 2.32. The van der Waals surface area contributed by atoms with Gasteiger partial charge in [0.15, 0.2) is 0 Å². The number of benzene rings is 2. The Morgan fingerprint density at radius 1 is 1.17 bits per heavy atom. The summed E-state index contributed by atoms with van der Waals surface area (Å²) in [5, 5.41) is 4.85. The van der Waals surface area contributed by atoms with Gasteiger partial charge in [-0.1, -0.05) is 53.5 Å². The topological polar surface area (TPSA) is 67.2 Å². The van der Waals surface area contributed by atoms with E-state index in [-0.39, 0.29) is 16.1 Å². The highest BCUT2D eigenvalue weighted by atomic mass is 35.5. The maximum Gasteiger partial charge on any atom is 0.245 e. The van der Waals surface area contributed by atoms with E-state index in [2.05, 4.69) is 26.9 Å². The van der Waals surface area contributed by atoms with Crippen molar-refractivity contribution in [2.75, 3.05) is 11.4 Å². The number of rotatable bonds is 5. The number of nitrogens with one attached hydrogen (secondary N) is 1. The van der Waals surface area contributed by atoms with Crippen LogP contribution in [0.3, 0.4) is 0 Å². The number of halogens is 2. The molecule has 3 aromatic rings. The average molecular weight is 465 g/mol. The number of aromatic nitrogens is 2. The van der Waals surface area contributed by atoms with Gasteiger partial charge in [-0.15, -0.1) is 0 Å². The minimum atomic E-state index is -3.83. The van der Waals surface area contributed by atoms with Crippen molar-refractivity contribution in [1.82, 2.24) is 14.5 Å². The predicted octanol–water partition coefficient (Wildman–Crippen LogP) is 3.95. The third-order valence-electron chi connectivity index (χ3n) is 5.20. The number of nitrogens with zero attached hydrogens (tertiary/aromatic N) is 3. The maximum absolute atomic E-state index is 13.1. The molecule has 0 spiro atoms. The van der Waals surface area contributed by atoms with Crippen LogP contribution in [0.1, 0.15) is 16.8 Å². The van der Waals surface area contributed by atoms with Crippen LogP contribution in [0.15, 0.2) is 53.4 Å². The van der Waals surface area contributed by atoms with Crippen molar-refractivity contribution < 1.29 is 8.42 Å². The Balaban J connectivity index is 1.64. The van der Waals surface area contributed by atoms with Gasteiger partial charge < -0.3 is 4.90 Å². The van der Waals surface area contributed by atoms with Crippen molar-refractivity contribution >= 4 is 38.9 Å². The van der Waals surface area contributed by atoms with Gasteiger partial charge in [-0.05, 0) is 42.7 Å². The van der Waals surface area contributed by atoms with Gasteiger partial charge in [-0.3, -0.25) is 4.68 Å². The molecular weight excluding hydrogens is 443 g/mol. The van der Waals surface area contributed by atoms with Gasteiger partial charge in [0.1, 0.15) is 10.0 Å². The summed E-state index contributed by atoms with van der Waals surface area (Å²) in [4.78, 5) is 2.20. The van der Waals surface area contributed by atoms with Crippen molar-refractivity contribution in [3.8, 4) is 0 Å². The number of anilines is 1.